The normalized spacial score (nSPS) is 14.4. The average molecular weight is 254 g/mol. The molecule has 0 bridgehead atoms. The van der Waals surface area contributed by atoms with Crippen LogP contribution in [-0.4, -0.2) is 34.0 Å². The number of rotatable bonds is 5. The van der Waals surface area contributed by atoms with E-state index in [0.717, 1.165) is 24.4 Å². The summed E-state index contributed by atoms with van der Waals surface area (Å²) in [4.78, 5) is 23.6. The van der Waals surface area contributed by atoms with E-state index in [1.807, 2.05) is 6.92 Å². The zero-order valence-electron chi connectivity index (χ0n) is 9.52. The first-order chi connectivity index (χ1) is 8.20. The summed E-state index contributed by atoms with van der Waals surface area (Å²) in [5, 5.41) is 9.22. The molecule has 1 aromatic rings. The van der Waals surface area contributed by atoms with Crippen molar-refractivity contribution in [3.8, 4) is 0 Å². The van der Waals surface area contributed by atoms with Gasteiger partial charge in [-0.15, -0.1) is 5.10 Å². The highest BCUT2D eigenvalue weighted by Gasteiger charge is 2.23. The molecule has 1 aliphatic carbocycles. The van der Waals surface area contributed by atoms with E-state index >= 15 is 0 Å². The number of carbonyl (C=O) groups excluding carboxylic acids is 2. The van der Waals surface area contributed by atoms with Crippen molar-refractivity contribution in [1.82, 2.24) is 20.2 Å². The number of carbonyl (C=O) groups is 2. The van der Waals surface area contributed by atoms with E-state index in [9.17, 15) is 9.59 Å². The zero-order chi connectivity index (χ0) is 12.3. The summed E-state index contributed by atoms with van der Waals surface area (Å²) >= 11 is 1.06. The SMILES string of the molecule is CCc1nnsc1C(=O)NCC(=O)NC1CC1. The van der Waals surface area contributed by atoms with Gasteiger partial charge in [0.2, 0.25) is 5.91 Å². The summed E-state index contributed by atoms with van der Waals surface area (Å²) in [7, 11) is 0. The van der Waals surface area contributed by atoms with Gasteiger partial charge in [0.1, 0.15) is 4.88 Å². The lowest BCUT2D eigenvalue weighted by Crippen LogP contribution is -2.37. The van der Waals surface area contributed by atoms with Crippen LogP contribution in [0, 0.1) is 0 Å². The highest BCUT2D eigenvalue weighted by atomic mass is 32.1. The van der Waals surface area contributed by atoms with Gasteiger partial charge < -0.3 is 10.6 Å². The molecule has 1 heterocycles. The Morgan fingerprint density at radius 1 is 1.47 bits per heavy atom. The molecule has 1 aromatic heterocycles. The van der Waals surface area contributed by atoms with Crippen LogP contribution in [0.1, 0.15) is 35.1 Å². The largest absolute Gasteiger partial charge is 0.352 e. The Labute approximate surface area is 103 Å². The lowest BCUT2D eigenvalue weighted by Gasteiger charge is -2.04. The van der Waals surface area contributed by atoms with Crippen molar-refractivity contribution in [3.63, 3.8) is 0 Å². The van der Waals surface area contributed by atoms with Crippen LogP contribution >= 0.6 is 11.5 Å². The molecule has 0 unspecified atom stereocenters. The molecule has 2 rings (SSSR count). The van der Waals surface area contributed by atoms with Gasteiger partial charge in [0, 0.05) is 6.04 Å². The third-order valence-electron chi connectivity index (χ3n) is 2.45. The molecular weight excluding hydrogens is 240 g/mol. The Balaban J connectivity index is 1.82. The van der Waals surface area contributed by atoms with E-state index in [0.29, 0.717) is 23.0 Å². The van der Waals surface area contributed by atoms with Crippen LogP contribution in [0.15, 0.2) is 0 Å². The van der Waals surface area contributed by atoms with E-state index < -0.39 is 0 Å². The van der Waals surface area contributed by atoms with Gasteiger partial charge in [-0.2, -0.15) is 0 Å². The van der Waals surface area contributed by atoms with Crippen molar-refractivity contribution in [3.05, 3.63) is 10.6 Å². The first-order valence-corrected chi connectivity index (χ1v) is 6.36. The Hall–Kier alpha value is -1.50. The molecule has 0 spiro atoms. The molecule has 1 aliphatic rings. The number of hydrogen-bond acceptors (Lipinski definition) is 5. The van der Waals surface area contributed by atoms with Crippen molar-refractivity contribution in [2.45, 2.75) is 32.2 Å². The molecule has 0 saturated heterocycles. The lowest BCUT2D eigenvalue weighted by molar-refractivity contribution is -0.120. The summed E-state index contributed by atoms with van der Waals surface area (Å²) in [5.74, 6) is -0.417. The predicted molar refractivity (Wildman–Crippen MR) is 62.8 cm³/mol. The fourth-order valence-electron chi connectivity index (χ4n) is 1.36. The second-order valence-electron chi connectivity index (χ2n) is 3.93. The molecule has 0 atom stereocenters. The van der Waals surface area contributed by atoms with Gasteiger partial charge in [0.25, 0.3) is 5.91 Å². The highest BCUT2D eigenvalue weighted by molar-refractivity contribution is 7.08. The Morgan fingerprint density at radius 3 is 2.88 bits per heavy atom. The maximum Gasteiger partial charge on any atom is 0.265 e. The van der Waals surface area contributed by atoms with Crippen LogP contribution in [0.5, 0.6) is 0 Å². The molecule has 0 aromatic carbocycles. The summed E-state index contributed by atoms with van der Waals surface area (Å²) in [6.45, 7) is 1.92. The maximum atomic E-state index is 11.7. The predicted octanol–water partition coefficient (Wildman–Crippen LogP) is 0.109. The summed E-state index contributed by atoms with van der Waals surface area (Å²) < 4.78 is 3.73. The van der Waals surface area contributed by atoms with Gasteiger partial charge in [-0.1, -0.05) is 11.4 Å². The number of aryl methyl sites for hydroxylation is 1. The minimum absolute atomic E-state index is 0.0103. The molecule has 7 heteroatoms. The van der Waals surface area contributed by atoms with Crippen LogP contribution < -0.4 is 10.6 Å². The molecule has 17 heavy (non-hydrogen) atoms. The van der Waals surface area contributed by atoms with Crippen LogP contribution in [-0.2, 0) is 11.2 Å². The van der Waals surface area contributed by atoms with Crippen LogP contribution in [0.2, 0.25) is 0 Å². The Kier molecular flexibility index (Phi) is 3.68. The molecule has 0 aliphatic heterocycles. The van der Waals surface area contributed by atoms with Gasteiger partial charge in [-0.25, -0.2) is 0 Å². The summed E-state index contributed by atoms with van der Waals surface area (Å²) in [6, 6.07) is 0.315. The topological polar surface area (TPSA) is 84.0 Å². The van der Waals surface area contributed by atoms with Crippen molar-refractivity contribution in [2.24, 2.45) is 0 Å². The molecule has 2 amide bonds. The molecule has 2 N–H and O–H groups in total. The first kappa shape index (κ1) is 12.0. The van der Waals surface area contributed by atoms with Gasteiger partial charge in [0.15, 0.2) is 0 Å². The number of hydrogen-bond donors (Lipinski definition) is 2. The average Bonchev–Trinajstić information content (AvgIpc) is 2.99. The Bertz CT molecular complexity index is 428. The maximum absolute atomic E-state index is 11.7. The van der Waals surface area contributed by atoms with E-state index in [1.54, 1.807) is 0 Å². The van der Waals surface area contributed by atoms with E-state index in [4.69, 9.17) is 0 Å². The first-order valence-electron chi connectivity index (χ1n) is 5.59. The van der Waals surface area contributed by atoms with Crippen molar-refractivity contribution >= 4 is 23.3 Å². The number of nitrogens with one attached hydrogen (secondary N) is 2. The van der Waals surface area contributed by atoms with Crippen molar-refractivity contribution in [1.29, 1.82) is 0 Å². The van der Waals surface area contributed by atoms with E-state index in [2.05, 4.69) is 20.2 Å². The molecule has 1 saturated carbocycles. The zero-order valence-corrected chi connectivity index (χ0v) is 10.3. The standard InChI is InChI=1S/C10H14N4O2S/c1-2-7-9(17-14-13-7)10(16)11-5-8(15)12-6-3-4-6/h6H,2-5H2,1H3,(H,11,16)(H,12,15). The number of amides is 2. The Morgan fingerprint density at radius 2 is 2.24 bits per heavy atom. The molecular formula is C10H14N4O2S. The smallest absolute Gasteiger partial charge is 0.265 e. The quantitative estimate of drug-likeness (QED) is 0.781. The number of nitrogens with zero attached hydrogens (tertiary/aromatic N) is 2. The van der Waals surface area contributed by atoms with E-state index in [-0.39, 0.29) is 18.4 Å². The minimum atomic E-state index is -0.275. The molecule has 0 radical (unpaired) electrons. The van der Waals surface area contributed by atoms with Crippen LogP contribution in [0.4, 0.5) is 0 Å². The minimum Gasteiger partial charge on any atom is -0.352 e. The summed E-state index contributed by atoms with van der Waals surface area (Å²) in [5.41, 5.74) is 0.676. The van der Waals surface area contributed by atoms with Crippen LogP contribution in [0.3, 0.4) is 0 Å². The second-order valence-corrected chi connectivity index (χ2v) is 4.68. The fraction of sp³-hybridized carbons (Fsp3) is 0.600. The van der Waals surface area contributed by atoms with Gasteiger partial charge >= 0.3 is 0 Å². The molecule has 6 nitrogen and oxygen atoms in total. The summed E-state index contributed by atoms with van der Waals surface area (Å²) in [6.07, 6.45) is 2.74. The third kappa shape index (κ3) is 3.23. The van der Waals surface area contributed by atoms with Crippen LogP contribution in [0.25, 0.3) is 0 Å². The molecule has 92 valence electrons. The fourth-order valence-corrected chi connectivity index (χ4v) is 2.03. The second kappa shape index (κ2) is 5.22. The van der Waals surface area contributed by atoms with Gasteiger partial charge in [0.05, 0.1) is 12.2 Å². The van der Waals surface area contributed by atoms with Crippen molar-refractivity contribution in [2.75, 3.05) is 6.54 Å². The highest BCUT2D eigenvalue weighted by Crippen LogP contribution is 2.18. The van der Waals surface area contributed by atoms with E-state index in [1.165, 1.54) is 0 Å². The number of aromatic nitrogens is 2. The lowest BCUT2D eigenvalue weighted by atomic mass is 10.3. The monoisotopic (exact) mass is 254 g/mol. The van der Waals surface area contributed by atoms with Gasteiger partial charge in [-0.05, 0) is 30.8 Å². The third-order valence-corrected chi connectivity index (χ3v) is 3.22. The molecule has 1 fully saturated rings. The van der Waals surface area contributed by atoms with Gasteiger partial charge in [-0.3, -0.25) is 9.59 Å². The van der Waals surface area contributed by atoms with Crippen molar-refractivity contribution < 1.29 is 9.59 Å².